The summed E-state index contributed by atoms with van der Waals surface area (Å²) < 4.78 is 63.5. The van der Waals surface area contributed by atoms with Crippen molar-refractivity contribution in [1.82, 2.24) is 0 Å². The zero-order valence-electron chi connectivity index (χ0n) is 10.5. The number of hydrogen-bond donors (Lipinski definition) is 0. The van der Waals surface area contributed by atoms with Crippen molar-refractivity contribution >= 4 is 16.7 Å². The van der Waals surface area contributed by atoms with E-state index in [0.717, 1.165) is 36.0 Å². The Balaban J connectivity index is 2.30. The Hall–Kier alpha value is -1.82. The van der Waals surface area contributed by atoms with Crippen LogP contribution in [0.4, 0.5) is 22.0 Å². The maximum Gasteiger partial charge on any atom is 0.416 e. The van der Waals surface area contributed by atoms with Crippen LogP contribution in [0.15, 0.2) is 65.6 Å². The van der Waals surface area contributed by atoms with E-state index in [1.165, 1.54) is 0 Å². The second kappa shape index (κ2) is 6.30. The molecule has 0 aromatic heterocycles. The minimum absolute atomic E-state index is 0.0526. The van der Waals surface area contributed by atoms with Gasteiger partial charge < -0.3 is 0 Å². The van der Waals surface area contributed by atoms with Gasteiger partial charge in [0.15, 0.2) is 0 Å². The van der Waals surface area contributed by atoms with Gasteiger partial charge in [-0.3, -0.25) is 0 Å². The summed E-state index contributed by atoms with van der Waals surface area (Å²) in [4.78, 5) is 0.232. The van der Waals surface area contributed by atoms with Crippen LogP contribution in [0.5, 0.6) is 0 Å². The van der Waals surface area contributed by atoms with Crippen molar-refractivity contribution in [2.45, 2.75) is 11.1 Å². The Morgan fingerprint density at radius 3 is 1.86 bits per heavy atom. The molecule has 2 aromatic carbocycles. The lowest BCUT2D eigenvalue weighted by Crippen LogP contribution is -2.04. The summed E-state index contributed by atoms with van der Waals surface area (Å²) in [6, 6.07) is 12.1. The van der Waals surface area contributed by atoms with E-state index in [0.29, 0.717) is 4.90 Å². The number of alkyl halides is 3. The first-order valence-electron chi connectivity index (χ1n) is 5.84. The minimum atomic E-state index is -4.48. The second-order valence-corrected chi connectivity index (χ2v) is 5.16. The zero-order chi connectivity index (χ0) is 15.5. The molecule has 0 fully saturated rings. The highest BCUT2D eigenvalue weighted by atomic mass is 32.2. The van der Waals surface area contributed by atoms with E-state index in [4.69, 9.17) is 0 Å². The predicted molar refractivity (Wildman–Crippen MR) is 72.9 cm³/mol. The summed E-state index contributed by atoms with van der Waals surface area (Å²) >= 11 is 0.812. The first kappa shape index (κ1) is 15.6. The Morgan fingerprint density at radius 2 is 1.38 bits per heavy atom. The monoisotopic (exact) mass is 316 g/mol. The lowest BCUT2D eigenvalue weighted by molar-refractivity contribution is -0.137. The summed E-state index contributed by atoms with van der Waals surface area (Å²) in [5.41, 5.74) is -0.813. The fourth-order valence-electron chi connectivity index (χ4n) is 1.62. The van der Waals surface area contributed by atoms with Gasteiger partial charge >= 0.3 is 6.18 Å². The van der Waals surface area contributed by atoms with E-state index in [1.54, 1.807) is 30.3 Å². The largest absolute Gasteiger partial charge is 0.416 e. The molecule has 0 bridgehead atoms. The van der Waals surface area contributed by atoms with Crippen LogP contribution >= 0.6 is 11.8 Å². The number of halogens is 5. The topological polar surface area (TPSA) is 0 Å². The smallest absolute Gasteiger partial charge is 0.172 e. The molecular weight excluding hydrogens is 307 g/mol. The van der Waals surface area contributed by atoms with Crippen LogP contribution in [0.25, 0.3) is 4.91 Å². The predicted octanol–water partition coefficient (Wildman–Crippen LogP) is 6.06. The number of benzene rings is 2. The highest BCUT2D eigenvalue weighted by Gasteiger charge is 2.30. The Bertz CT molecular complexity index is 625. The Labute approximate surface area is 122 Å². The van der Waals surface area contributed by atoms with Crippen LogP contribution in [0.2, 0.25) is 0 Å². The summed E-state index contributed by atoms with van der Waals surface area (Å²) in [6.07, 6.45) is -6.41. The summed E-state index contributed by atoms with van der Waals surface area (Å²) in [6.45, 7) is 0. The Kier molecular flexibility index (Phi) is 4.67. The van der Waals surface area contributed by atoms with Crippen LogP contribution in [-0.2, 0) is 6.18 Å². The highest BCUT2D eigenvalue weighted by molar-refractivity contribution is 8.08. The summed E-state index contributed by atoms with van der Waals surface area (Å²) in [5, 5.41) is 0. The third-order valence-corrected chi connectivity index (χ3v) is 3.71. The lowest BCUT2D eigenvalue weighted by atomic mass is 10.1. The standard InChI is InChI=1S/C15H9F5S/c16-14(17)13(21-12-4-2-1-3-5-12)10-6-8-11(9-7-10)15(18,19)20/h1-9H. The number of rotatable bonds is 3. The van der Waals surface area contributed by atoms with E-state index >= 15 is 0 Å². The first-order chi connectivity index (χ1) is 9.88. The first-order valence-corrected chi connectivity index (χ1v) is 6.65. The summed E-state index contributed by atoms with van der Waals surface area (Å²) in [5.74, 6) is 0. The van der Waals surface area contributed by atoms with Gasteiger partial charge in [-0.25, -0.2) is 0 Å². The van der Waals surface area contributed by atoms with Crippen LogP contribution in [0, 0.1) is 0 Å². The van der Waals surface area contributed by atoms with Crippen molar-refractivity contribution < 1.29 is 22.0 Å². The molecular formula is C15H9F5S. The molecule has 0 N–H and O–H groups in total. The van der Waals surface area contributed by atoms with Crippen molar-refractivity contribution in [3.05, 3.63) is 71.8 Å². The number of hydrogen-bond acceptors (Lipinski definition) is 1. The average Bonchev–Trinajstić information content (AvgIpc) is 2.45. The van der Waals surface area contributed by atoms with Gasteiger partial charge in [0.2, 0.25) is 0 Å². The van der Waals surface area contributed by atoms with Crippen molar-refractivity contribution in [3.8, 4) is 0 Å². The van der Waals surface area contributed by atoms with E-state index < -0.39 is 17.8 Å². The molecule has 0 amide bonds. The van der Waals surface area contributed by atoms with Crippen molar-refractivity contribution in [2.24, 2.45) is 0 Å². The average molecular weight is 316 g/mol. The van der Waals surface area contributed by atoms with E-state index in [1.807, 2.05) is 0 Å². The van der Waals surface area contributed by atoms with Crippen molar-refractivity contribution in [1.29, 1.82) is 0 Å². The molecule has 0 aliphatic heterocycles. The molecule has 0 radical (unpaired) electrons. The minimum Gasteiger partial charge on any atom is -0.172 e. The van der Waals surface area contributed by atoms with Crippen LogP contribution < -0.4 is 0 Å². The quantitative estimate of drug-likeness (QED) is 0.490. The van der Waals surface area contributed by atoms with Gasteiger partial charge in [0.05, 0.1) is 10.5 Å². The van der Waals surface area contributed by atoms with Crippen molar-refractivity contribution in [3.63, 3.8) is 0 Å². The molecule has 2 rings (SSSR count). The molecule has 0 saturated carbocycles. The molecule has 2 aromatic rings. The van der Waals surface area contributed by atoms with E-state index in [-0.39, 0.29) is 10.5 Å². The van der Waals surface area contributed by atoms with Gasteiger partial charge in [0.1, 0.15) is 0 Å². The van der Waals surface area contributed by atoms with Gasteiger partial charge in [0.25, 0.3) is 6.08 Å². The van der Waals surface area contributed by atoms with Gasteiger partial charge in [0, 0.05) is 4.90 Å². The van der Waals surface area contributed by atoms with E-state index in [2.05, 4.69) is 0 Å². The van der Waals surface area contributed by atoms with Gasteiger partial charge in [-0.05, 0) is 29.8 Å². The molecule has 0 unspecified atom stereocenters. The normalized spacial score (nSPS) is 11.3. The van der Waals surface area contributed by atoms with Crippen molar-refractivity contribution in [2.75, 3.05) is 0 Å². The van der Waals surface area contributed by atoms with Crippen LogP contribution in [-0.4, -0.2) is 0 Å². The third kappa shape index (κ3) is 4.07. The SMILES string of the molecule is FC(F)=C(Sc1ccccc1)c1ccc(C(F)(F)F)cc1. The Morgan fingerprint density at radius 1 is 0.810 bits per heavy atom. The van der Waals surface area contributed by atoms with Gasteiger partial charge in [-0.15, -0.1) is 0 Å². The van der Waals surface area contributed by atoms with Gasteiger partial charge in [-0.2, -0.15) is 22.0 Å². The molecule has 0 spiro atoms. The van der Waals surface area contributed by atoms with Crippen LogP contribution in [0.3, 0.4) is 0 Å². The molecule has 0 atom stereocenters. The molecule has 0 aliphatic carbocycles. The molecule has 0 saturated heterocycles. The zero-order valence-corrected chi connectivity index (χ0v) is 11.3. The molecule has 6 heteroatoms. The molecule has 21 heavy (non-hydrogen) atoms. The fourth-order valence-corrected chi connectivity index (χ4v) is 2.48. The maximum atomic E-state index is 13.0. The van der Waals surface area contributed by atoms with Crippen LogP contribution in [0.1, 0.15) is 11.1 Å². The lowest BCUT2D eigenvalue weighted by Gasteiger charge is -2.09. The van der Waals surface area contributed by atoms with Gasteiger partial charge in [-0.1, -0.05) is 42.1 Å². The highest BCUT2D eigenvalue weighted by Crippen LogP contribution is 2.38. The maximum absolute atomic E-state index is 13.0. The fraction of sp³-hybridized carbons (Fsp3) is 0.0667. The number of thioether (sulfide) groups is 1. The van der Waals surface area contributed by atoms with E-state index in [9.17, 15) is 22.0 Å². The second-order valence-electron chi connectivity index (χ2n) is 4.08. The third-order valence-electron chi connectivity index (χ3n) is 2.61. The molecule has 0 nitrogen and oxygen atoms in total. The molecule has 0 aliphatic rings. The molecule has 0 heterocycles. The summed E-state index contributed by atoms with van der Waals surface area (Å²) in [7, 11) is 0. The molecule has 110 valence electrons.